The monoisotopic (exact) mass is 449 g/mol. The first-order valence-electron chi connectivity index (χ1n) is 9.28. The maximum Gasteiger partial charge on any atom is 0.514 e. The van der Waals surface area contributed by atoms with Crippen LogP contribution in [-0.4, -0.2) is 45.0 Å². The lowest BCUT2D eigenvalue weighted by Crippen LogP contribution is -2.30. The molecule has 0 aliphatic heterocycles. The predicted octanol–water partition coefficient (Wildman–Crippen LogP) is 1.66. The maximum absolute atomic E-state index is 12.5. The topological polar surface area (TPSA) is 141 Å². The van der Waals surface area contributed by atoms with E-state index in [1.165, 1.54) is 24.3 Å². The molecular formula is C20H23N3O7S. The van der Waals surface area contributed by atoms with Crippen molar-refractivity contribution in [3.63, 3.8) is 0 Å². The van der Waals surface area contributed by atoms with E-state index in [1.807, 2.05) is 4.72 Å². The molecule has 10 nitrogen and oxygen atoms in total. The highest BCUT2D eigenvalue weighted by atomic mass is 32.2. The van der Waals surface area contributed by atoms with Gasteiger partial charge in [-0.1, -0.05) is 26.0 Å². The summed E-state index contributed by atoms with van der Waals surface area (Å²) in [7, 11) is -2.97. The highest BCUT2D eigenvalue weighted by Crippen LogP contribution is 2.13. The zero-order valence-corrected chi connectivity index (χ0v) is 18.1. The van der Waals surface area contributed by atoms with Crippen molar-refractivity contribution in [2.24, 2.45) is 5.92 Å². The van der Waals surface area contributed by atoms with Crippen LogP contribution in [0, 0.1) is 5.92 Å². The van der Waals surface area contributed by atoms with Crippen molar-refractivity contribution in [1.29, 1.82) is 0 Å². The highest BCUT2D eigenvalue weighted by Gasteiger charge is 2.19. The number of benzene rings is 1. The molecule has 0 unspecified atom stereocenters. The maximum atomic E-state index is 12.5. The van der Waals surface area contributed by atoms with E-state index in [9.17, 15) is 22.8 Å². The number of hydrogen-bond donors (Lipinski definition) is 2. The average Bonchev–Trinajstić information content (AvgIpc) is 2.74. The van der Waals surface area contributed by atoms with E-state index in [0.717, 1.165) is 18.9 Å². The summed E-state index contributed by atoms with van der Waals surface area (Å²) in [4.78, 5) is 38.5. The van der Waals surface area contributed by atoms with Crippen molar-refractivity contribution < 1.29 is 32.3 Å². The van der Waals surface area contributed by atoms with Crippen LogP contribution in [0.2, 0.25) is 0 Å². The molecule has 1 aromatic carbocycles. The first-order chi connectivity index (χ1) is 14.6. The molecule has 0 aliphatic rings. The van der Waals surface area contributed by atoms with Crippen LogP contribution in [0.1, 0.15) is 29.8 Å². The number of pyridine rings is 1. The lowest BCUT2D eigenvalue weighted by Gasteiger charge is -2.09. The Balaban J connectivity index is 1.97. The summed E-state index contributed by atoms with van der Waals surface area (Å²) in [5.41, 5.74) is 0.790. The third kappa shape index (κ3) is 7.07. The largest absolute Gasteiger partial charge is 0.514 e. The van der Waals surface area contributed by atoms with Crippen LogP contribution in [0.4, 0.5) is 4.79 Å². The molecule has 31 heavy (non-hydrogen) atoms. The number of hydrogen-bond acceptors (Lipinski definition) is 8. The quantitative estimate of drug-likeness (QED) is 0.580. The van der Waals surface area contributed by atoms with Gasteiger partial charge in [-0.2, -0.15) is 0 Å². The van der Waals surface area contributed by atoms with Crippen molar-refractivity contribution >= 4 is 28.0 Å². The molecule has 0 radical (unpaired) electrons. The summed E-state index contributed by atoms with van der Waals surface area (Å²) in [6.45, 7) is 4.02. The molecular weight excluding hydrogens is 426 g/mol. The van der Waals surface area contributed by atoms with Gasteiger partial charge < -0.3 is 14.8 Å². The normalized spacial score (nSPS) is 11.0. The molecule has 11 heteroatoms. The number of carbonyl (C=O) groups is 3. The minimum atomic E-state index is -4.11. The van der Waals surface area contributed by atoms with Gasteiger partial charge in [0.25, 0.3) is 15.9 Å². The van der Waals surface area contributed by atoms with Crippen molar-refractivity contribution in [1.82, 2.24) is 15.0 Å². The first-order valence-corrected chi connectivity index (χ1v) is 10.8. The zero-order chi connectivity index (χ0) is 23.0. The van der Waals surface area contributed by atoms with Crippen LogP contribution in [-0.2, 0) is 26.0 Å². The van der Waals surface area contributed by atoms with Crippen molar-refractivity contribution in [3.05, 3.63) is 53.7 Å². The number of ether oxygens (including phenoxy) is 2. The van der Waals surface area contributed by atoms with Crippen molar-refractivity contribution in [2.75, 3.05) is 13.7 Å². The Morgan fingerprint density at radius 2 is 1.74 bits per heavy atom. The molecule has 1 heterocycles. The van der Waals surface area contributed by atoms with Crippen LogP contribution in [0.3, 0.4) is 0 Å². The summed E-state index contributed by atoms with van der Waals surface area (Å²) >= 11 is 0. The SMILES string of the molecule is COC(=O)Oc1ccc(C(=O)NS(=O)(=O)c2ccc(CCNC(=O)C(C)C)cc2)cn1. The third-order valence-electron chi connectivity index (χ3n) is 4.05. The van der Waals surface area contributed by atoms with Gasteiger partial charge in [0, 0.05) is 24.7 Å². The fraction of sp³-hybridized carbons (Fsp3) is 0.300. The van der Waals surface area contributed by atoms with Crippen LogP contribution >= 0.6 is 0 Å². The van der Waals surface area contributed by atoms with Crippen LogP contribution in [0.25, 0.3) is 0 Å². The smallest absolute Gasteiger partial charge is 0.437 e. The van der Waals surface area contributed by atoms with Gasteiger partial charge in [0.1, 0.15) is 0 Å². The van der Waals surface area contributed by atoms with Crippen LogP contribution < -0.4 is 14.8 Å². The summed E-state index contributed by atoms with van der Waals surface area (Å²) in [5, 5.41) is 2.78. The van der Waals surface area contributed by atoms with Crippen LogP contribution in [0.5, 0.6) is 5.88 Å². The second kappa shape index (κ2) is 10.5. The Labute approximate surface area is 180 Å². The van der Waals surface area contributed by atoms with Gasteiger partial charge >= 0.3 is 6.16 Å². The molecule has 0 saturated carbocycles. The summed E-state index contributed by atoms with van der Waals surface area (Å²) in [5.74, 6) is -1.16. The molecule has 166 valence electrons. The Morgan fingerprint density at radius 3 is 2.29 bits per heavy atom. The standard InChI is InChI=1S/C20H23N3O7S/c1-13(2)18(24)21-11-10-14-4-7-16(8-5-14)31(27,28)23-19(25)15-6-9-17(22-12-15)30-20(26)29-3/h4-9,12-13H,10-11H2,1-3H3,(H,21,24)(H,23,25). The number of rotatable bonds is 8. The van der Waals surface area contributed by atoms with E-state index < -0.39 is 22.1 Å². The van der Waals surface area contributed by atoms with Crippen molar-refractivity contribution in [3.8, 4) is 5.88 Å². The molecule has 0 saturated heterocycles. The second-order valence-corrected chi connectivity index (χ2v) is 8.40. The van der Waals surface area contributed by atoms with E-state index in [0.29, 0.717) is 13.0 Å². The first kappa shape index (κ1) is 23.8. The molecule has 0 aliphatic carbocycles. The van der Waals surface area contributed by atoms with E-state index >= 15 is 0 Å². The van der Waals surface area contributed by atoms with Gasteiger partial charge in [0.05, 0.1) is 17.6 Å². The van der Waals surface area contributed by atoms with Gasteiger partial charge in [-0.15, -0.1) is 0 Å². The molecule has 0 atom stereocenters. The minimum Gasteiger partial charge on any atom is -0.437 e. The lowest BCUT2D eigenvalue weighted by atomic mass is 10.1. The molecule has 0 fully saturated rings. The molecule has 2 N–H and O–H groups in total. The fourth-order valence-corrected chi connectivity index (χ4v) is 3.29. The highest BCUT2D eigenvalue weighted by molar-refractivity contribution is 7.90. The molecule has 1 aromatic heterocycles. The number of methoxy groups -OCH3 is 1. The van der Waals surface area contributed by atoms with E-state index in [4.69, 9.17) is 0 Å². The fourth-order valence-electron chi connectivity index (χ4n) is 2.31. The van der Waals surface area contributed by atoms with Crippen molar-refractivity contribution in [2.45, 2.75) is 25.2 Å². The number of carbonyl (C=O) groups excluding carboxylic acids is 3. The predicted molar refractivity (Wildman–Crippen MR) is 110 cm³/mol. The number of amides is 2. The number of sulfonamides is 1. The molecule has 2 rings (SSSR count). The zero-order valence-electron chi connectivity index (χ0n) is 17.2. The van der Waals surface area contributed by atoms with E-state index in [2.05, 4.69) is 19.8 Å². The molecule has 0 bridgehead atoms. The summed E-state index contributed by atoms with van der Waals surface area (Å²) < 4.78 is 35.9. The van der Waals surface area contributed by atoms with Gasteiger partial charge in [-0.3, -0.25) is 9.59 Å². The number of nitrogens with one attached hydrogen (secondary N) is 2. The number of nitrogens with zero attached hydrogens (tertiary/aromatic N) is 1. The van der Waals surface area contributed by atoms with Gasteiger partial charge in [0.2, 0.25) is 11.8 Å². The molecule has 2 aromatic rings. The third-order valence-corrected chi connectivity index (χ3v) is 5.40. The van der Waals surface area contributed by atoms with Gasteiger partial charge in [-0.05, 0) is 30.2 Å². The minimum absolute atomic E-state index is 0.0432. The van der Waals surface area contributed by atoms with Gasteiger partial charge in [-0.25, -0.2) is 22.9 Å². The average molecular weight is 449 g/mol. The summed E-state index contributed by atoms with van der Waals surface area (Å²) in [6, 6.07) is 8.46. The van der Waals surface area contributed by atoms with E-state index in [-0.39, 0.29) is 28.2 Å². The Bertz CT molecular complexity index is 1030. The Morgan fingerprint density at radius 1 is 1.06 bits per heavy atom. The molecule has 2 amide bonds. The number of aromatic nitrogens is 1. The Kier molecular flexibility index (Phi) is 8.08. The Hall–Kier alpha value is -3.47. The van der Waals surface area contributed by atoms with Crippen LogP contribution in [0.15, 0.2) is 47.5 Å². The lowest BCUT2D eigenvalue weighted by molar-refractivity contribution is -0.123. The second-order valence-electron chi connectivity index (χ2n) is 6.72. The van der Waals surface area contributed by atoms with E-state index in [1.54, 1.807) is 26.0 Å². The summed E-state index contributed by atoms with van der Waals surface area (Å²) in [6.07, 6.45) is 0.632. The molecule has 0 spiro atoms. The van der Waals surface area contributed by atoms with Gasteiger partial charge in [0.15, 0.2) is 0 Å².